The van der Waals surface area contributed by atoms with Gasteiger partial charge in [-0.2, -0.15) is 0 Å². The first-order valence-corrected chi connectivity index (χ1v) is 14.8. The van der Waals surface area contributed by atoms with Crippen molar-refractivity contribution in [2.45, 2.75) is 117 Å². The molecule has 10 atom stereocenters. The third kappa shape index (κ3) is 4.49. The summed E-state index contributed by atoms with van der Waals surface area (Å²) in [5.41, 5.74) is 0.438. The average Bonchev–Trinajstić information content (AvgIpc) is 3.09. The molecule has 0 spiro atoms. The molecule has 0 N–H and O–H groups in total. The van der Waals surface area contributed by atoms with Crippen LogP contribution in [0.15, 0.2) is 0 Å². The third-order valence-corrected chi connectivity index (χ3v) is 12.0. The molecule has 0 aromatic rings. The molecule has 3 nitrogen and oxygen atoms in total. The molecule has 188 valence electrons. The van der Waals surface area contributed by atoms with Crippen molar-refractivity contribution in [3.8, 4) is 0 Å². The average molecular weight is 524 g/mol. The lowest BCUT2D eigenvalue weighted by Crippen LogP contribution is -2.61. The second-order valence-corrected chi connectivity index (χ2v) is 14.2. The fourth-order valence-corrected chi connectivity index (χ4v) is 10.4. The minimum Gasteiger partial charge on any atom is -0.463 e. The van der Waals surface area contributed by atoms with Crippen molar-refractivity contribution in [3.63, 3.8) is 0 Å². The molecule has 0 saturated heterocycles. The van der Waals surface area contributed by atoms with Crippen LogP contribution in [0, 0.1) is 52.3 Å². The molecule has 4 aliphatic carbocycles. The van der Waals surface area contributed by atoms with Gasteiger partial charge in [0, 0.05) is 12.8 Å². The second-order valence-electron chi connectivity index (χ2n) is 13.2. The fourth-order valence-electron chi connectivity index (χ4n) is 9.30. The van der Waals surface area contributed by atoms with Crippen molar-refractivity contribution in [3.05, 3.63) is 0 Å². The molecule has 0 heterocycles. The number of ether oxygens (including phenoxy) is 1. The van der Waals surface area contributed by atoms with Gasteiger partial charge in [0.05, 0.1) is 4.83 Å². The van der Waals surface area contributed by atoms with Crippen molar-refractivity contribution in [1.82, 2.24) is 0 Å². The summed E-state index contributed by atoms with van der Waals surface area (Å²) in [6.45, 7) is 13.7. The second kappa shape index (κ2) is 9.58. The van der Waals surface area contributed by atoms with E-state index in [0.717, 1.165) is 37.0 Å². The van der Waals surface area contributed by atoms with E-state index < -0.39 is 0 Å². The first kappa shape index (κ1) is 25.7. The van der Waals surface area contributed by atoms with Crippen molar-refractivity contribution in [2.75, 3.05) is 0 Å². The lowest BCUT2D eigenvalue weighted by molar-refractivity contribution is -0.168. The monoisotopic (exact) mass is 522 g/mol. The predicted octanol–water partition coefficient (Wildman–Crippen LogP) is 7.59. The molecule has 0 aromatic carbocycles. The van der Waals surface area contributed by atoms with E-state index >= 15 is 0 Å². The van der Waals surface area contributed by atoms with E-state index in [1.807, 2.05) is 0 Å². The number of hydrogen-bond donors (Lipinski definition) is 0. The molecule has 0 aromatic heterocycles. The molecule has 4 aliphatic rings. The molecule has 4 rings (SSSR count). The fraction of sp³-hybridized carbons (Fsp3) is 0.931. The highest BCUT2D eigenvalue weighted by Gasteiger charge is 2.65. The van der Waals surface area contributed by atoms with Crippen LogP contribution in [-0.2, 0) is 14.3 Å². The van der Waals surface area contributed by atoms with Gasteiger partial charge in [0.25, 0.3) is 0 Å². The van der Waals surface area contributed by atoms with E-state index in [2.05, 4.69) is 50.5 Å². The molecule has 4 saturated carbocycles. The Morgan fingerprint density at radius 1 is 1.03 bits per heavy atom. The van der Waals surface area contributed by atoms with Gasteiger partial charge >= 0.3 is 5.97 Å². The zero-order valence-corrected chi connectivity index (χ0v) is 23.5. The quantitative estimate of drug-likeness (QED) is 0.266. The maximum atomic E-state index is 13.8. The first-order chi connectivity index (χ1) is 15.5. The minimum absolute atomic E-state index is 0.0257. The molecular weight excluding hydrogens is 476 g/mol. The van der Waals surface area contributed by atoms with Gasteiger partial charge in [0.2, 0.25) is 0 Å². The number of ketones is 1. The number of carbonyl (C=O) groups is 2. The topological polar surface area (TPSA) is 43.4 Å². The lowest BCUT2D eigenvalue weighted by atomic mass is 9.44. The Morgan fingerprint density at radius 3 is 2.36 bits per heavy atom. The zero-order valence-electron chi connectivity index (χ0n) is 21.9. The molecule has 0 bridgehead atoms. The van der Waals surface area contributed by atoms with Gasteiger partial charge in [-0.25, -0.2) is 0 Å². The molecule has 4 fully saturated rings. The number of alkyl halides is 1. The van der Waals surface area contributed by atoms with Gasteiger partial charge in [-0.05, 0) is 91.3 Å². The van der Waals surface area contributed by atoms with E-state index in [0.29, 0.717) is 29.0 Å². The van der Waals surface area contributed by atoms with Crippen LogP contribution < -0.4 is 0 Å². The molecule has 6 unspecified atom stereocenters. The van der Waals surface area contributed by atoms with E-state index in [1.54, 1.807) is 0 Å². The highest BCUT2D eigenvalue weighted by Crippen LogP contribution is 2.68. The predicted molar refractivity (Wildman–Crippen MR) is 137 cm³/mol. The van der Waals surface area contributed by atoms with E-state index in [-0.39, 0.29) is 28.2 Å². The lowest BCUT2D eigenvalue weighted by Gasteiger charge is -2.61. The van der Waals surface area contributed by atoms with Gasteiger partial charge in [-0.1, -0.05) is 69.8 Å². The van der Waals surface area contributed by atoms with Crippen molar-refractivity contribution in [2.24, 2.45) is 52.3 Å². The summed E-state index contributed by atoms with van der Waals surface area (Å²) in [6, 6.07) is 0. The Morgan fingerprint density at radius 2 is 1.70 bits per heavy atom. The van der Waals surface area contributed by atoms with Crippen LogP contribution >= 0.6 is 15.9 Å². The van der Waals surface area contributed by atoms with Crippen LogP contribution in [0.5, 0.6) is 0 Å². The van der Waals surface area contributed by atoms with Crippen LogP contribution in [0.2, 0.25) is 0 Å². The summed E-state index contributed by atoms with van der Waals surface area (Å²) < 4.78 is 5.57. The van der Waals surface area contributed by atoms with Crippen LogP contribution in [0.4, 0.5) is 0 Å². The summed E-state index contributed by atoms with van der Waals surface area (Å²) in [6.07, 6.45) is 11.8. The number of esters is 1. The summed E-state index contributed by atoms with van der Waals surface area (Å²) in [7, 11) is 0. The van der Waals surface area contributed by atoms with Crippen LogP contribution in [0.25, 0.3) is 0 Å². The van der Waals surface area contributed by atoms with E-state index in [9.17, 15) is 9.59 Å². The number of carbonyl (C=O) groups excluding carboxylic acids is 2. The van der Waals surface area contributed by atoms with E-state index in [1.165, 1.54) is 51.9 Å². The highest BCUT2D eigenvalue weighted by atomic mass is 79.9. The Balaban J connectivity index is 1.53. The van der Waals surface area contributed by atoms with Crippen LogP contribution in [-0.4, -0.2) is 22.7 Å². The van der Waals surface area contributed by atoms with Crippen LogP contribution in [0.1, 0.15) is 106 Å². The third-order valence-electron chi connectivity index (χ3n) is 11.0. The maximum Gasteiger partial charge on any atom is 0.302 e. The number of Topliss-reactive ketones (excluding diaryl/α,β-unsaturated/α-hetero) is 1. The Kier molecular flexibility index (Phi) is 7.46. The zero-order chi connectivity index (χ0) is 24.1. The van der Waals surface area contributed by atoms with Gasteiger partial charge in [-0.15, -0.1) is 0 Å². The largest absolute Gasteiger partial charge is 0.463 e. The summed E-state index contributed by atoms with van der Waals surface area (Å²) in [5.74, 6) is 4.32. The van der Waals surface area contributed by atoms with Crippen LogP contribution in [0.3, 0.4) is 0 Å². The van der Waals surface area contributed by atoms with Gasteiger partial charge in [-0.3, -0.25) is 9.59 Å². The first-order valence-electron chi connectivity index (χ1n) is 13.8. The summed E-state index contributed by atoms with van der Waals surface area (Å²) in [5, 5.41) is 0. The molecule has 4 heteroatoms. The number of hydrogen-bond acceptors (Lipinski definition) is 3. The SMILES string of the molecule is CC(=O)OC1CC[C@@]2(C)C(C1)C(=O)C(Br)C1C2CC[C@@]2(C)C1CC[C@@H]2[C@H](C)CCCC(C)C. The number of halogens is 1. The molecule has 0 amide bonds. The number of rotatable bonds is 6. The highest BCUT2D eigenvalue weighted by molar-refractivity contribution is 9.10. The van der Waals surface area contributed by atoms with Gasteiger partial charge in [0.1, 0.15) is 6.10 Å². The molecule has 0 radical (unpaired) electrons. The standard InChI is InChI=1S/C29H47BrO3/c1-17(2)8-7-9-18(3)21-10-11-22-25-23(13-15-28(21,22)5)29(6)14-12-20(33-19(4)31)16-24(29)27(32)26(25)30/h17-18,20-26H,7-16H2,1-6H3/t18-,20?,21-,22?,23?,24?,25?,26?,28-,29-/m1/s1. The smallest absolute Gasteiger partial charge is 0.302 e. The molecular formula is C29H47BrO3. The van der Waals surface area contributed by atoms with Crippen molar-refractivity contribution < 1.29 is 14.3 Å². The number of fused-ring (bicyclic) bond motifs is 5. The maximum absolute atomic E-state index is 13.8. The Labute approximate surface area is 210 Å². The normalized spacial score (nSPS) is 45.8. The Bertz CT molecular complexity index is 749. The summed E-state index contributed by atoms with van der Waals surface area (Å²) in [4.78, 5) is 25.3. The van der Waals surface area contributed by atoms with Gasteiger partial charge in [0.15, 0.2) is 5.78 Å². The Hall–Kier alpha value is -0.380. The minimum atomic E-state index is -0.215. The van der Waals surface area contributed by atoms with Gasteiger partial charge < -0.3 is 4.74 Å². The molecule has 33 heavy (non-hydrogen) atoms. The van der Waals surface area contributed by atoms with E-state index in [4.69, 9.17) is 4.74 Å². The molecule has 0 aliphatic heterocycles. The van der Waals surface area contributed by atoms with Crippen molar-refractivity contribution >= 4 is 27.7 Å². The summed E-state index contributed by atoms with van der Waals surface area (Å²) >= 11 is 3.97. The van der Waals surface area contributed by atoms with Crippen molar-refractivity contribution in [1.29, 1.82) is 0 Å².